The van der Waals surface area contributed by atoms with Crippen LogP contribution in [0.25, 0.3) is 0 Å². The third kappa shape index (κ3) is 5.56. The van der Waals surface area contributed by atoms with E-state index in [0.29, 0.717) is 31.7 Å². The van der Waals surface area contributed by atoms with Crippen LogP contribution in [0.2, 0.25) is 5.02 Å². The van der Waals surface area contributed by atoms with Crippen molar-refractivity contribution in [3.05, 3.63) is 50.8 Å². The molecule has 3 aromatic heterocycles. The van der Waals surface area contributed by atoms with Crippen molar-refractivity contribution in [3.8, 4) is 5.75 Å². The lowest BCUT2D eigenvalue weighted by Gasteiger charge is -2.31. The lowest BCUT2D eigenvalue weighted by Crippen LogP contribution is -2.40. The van der Waals surface area contributed by atoms with E-state index in [1.165, 1.54) is 30.5 Å². The number of pyridine rings is 1. The summed E-state index contributed by atoms with van der Waals surface area (Å²) >= 11 is 7.17. The zero-order valence-corrected chi connectivity index (χ0v) is 19.9. The molecule has 186 valence electrons. The molecule has 0 radical (unpaired) electrons. The van der Waals surface area contributed by atoms with E-state index in [2.05, 4.69) is 20.4 Å². The number of piperidine rings is 1. The van der Waals surface area contributed by atoms with Crippen molar-refractivity contribution in [3.63, 3.8) is 0 Å². The largest absolute Gasteiger partial charge is 0.504 e. The van der Waals surface area contributed by atoms with E-state index in [-0.39, 0.29) is 34.8 Å². The predicted molar refractivity (Wildman–Crippen MR) is 122 cm³/mol. The smallest absolute Gasteiger partial charge is 0.435 e. The number of rotatable bonds is 5. The highest BCUT2D eigenvalue weighted by molar-refractivity contribution is 7.10. The number of halogens is 4. The molecule has 3 aromatic rings. The van der Waals surface area contributed by atoms with E-state index >= 15 is 0 Å². The summed E-state index contributed by atoms with van der Waals surface area (Å²) in [6.07, 6.45) is -2.01. The van der Waals surface area contributed by atoms with Gasteiger partial charge in [0.25, 0.3) is 5.91 Å². The zero-order chi connectivity index (χ0) is 25.3. The van der Waals surface area contributed by atoms with E-state index < -0.39 is 23.5 Å². The van der Waals surface area contributed by atoms with Crippen molar-refractivity contribution in [2.45, 2.75) is 38.4 Å². The Morgan fingerprint density at radius 3 is 2.69 bits per heavy atom. The van der Waals surface area contributed by atoms with Gasteiger partial charge in [0.05, 0.1) is 10.0 Å². The summed E-state index contributed by atoms with van der Waals surface area (Å²) in [5.74, 6) is -0.992. The first kappa shape index (κ1) is 24.9. The second-order valence-electron chi connectivity index (χ2n) is 8.00. The van der Waals surface area contributed by atoms with Crippen LogP contribution in [-0.4, -0.2) is 54.7 Å². The van der Waals surface area contributed by atoms with Gasteiger partial charge in [-0.25, -0.2) is 9.97 Å². The molecule has 14 heteroatoms. The van der Waals surface area contributed by atoms with E-state index in [0.717, 1.165) is 15.8 Å². The van der Waals surface area contributed by atoms with Crippen LogP contribution < -0.4 is 5.32 Å². The topological polar surface area (TPSA) is 113 Å². The van der Waals surface area contributed by atoms with E-state index in [1.54, 1.807) is 10.3 Å². The summed E-state index contributed by atoms with van der Waals surface area (Å²) in [6.45, 7) is 2.07. The standard InChI is InChI=1S/C21H20ClF3N6O3S/c1-11-8-14(21(23,24)25)29-31(11)9-16(32)30-6-3-12(4-7-30)20-28-15(10-35-20)27-19(34)17-18(33)13(22)2-5-26-17/h2,5,8,10,12,33H,3-4,6-7,9H2,1H3,(H,27,34). The van der Waals surface area contributed by atoms with Gasteiger partial charge in [-0.1, -0.05) is 11.6 Å². The molecule has 2 N–H and O–H groups in total. The lowest BCUT2D eigenvalue weighted by atomic mass is 9.97. The Balaban J connectivity index is 1.32. The predicted octanol–water partition coefficient (Wildman–Crippen LogP) is 4.08. The van der Waals surface area contributed by atoms with Gasteiger partial charge in [-0.15, -0.1) is 11.3 Å². The minimum Gasteiger partial charge on any atom is -0.504 e. The average Bonchev–Trinajstić information content (AvgIpc) is 3.42. The van der Waals surface area contributed by atoms with Gasteiger partial charge in [0.15, 0.2) is 17.1 Å². The molecule has 0 aromatic carbocycles. The fraction of sp³-hybridized carbons (Fsp3) is 0.381. The molecule has 1 aliphatic heterocycles. The van der Waals surface area contributed by atoms with Gasteiger partial charge in [-0.2, -0.15) is 18.3 Å². The van der Waals surface area contributed by atoms with Crippen molar-refractivity contribution >= 4 is 40.6 Å². The Bertz CT molecular complexity index is 1250. The number of amides is 2. The normalized spacial score (nSPS) is 14.8. The van der Waals surface area contributed by atoms with Crippen LogP contribution in [0.3, 0.4) is 0 Å². The van der Waals surface area contributed by atoms with Gasteiger partial charge in [-0.3, -0.25) is 14.3 Å². The van der Waals surface area contributed by atoms with Gasteiger partial charge in [-0.05, 0) is 31.9 Å². The first-order chi connectivity index (χ1) is 16.5. The number of nitrogens with zero attached hydrogens (tertiary/aromatic N) is 5. The third-order valence-electron chi connectivity index (χ3n) is 5.61. The van der Waals surface area contributed by atoms with Crippen molar-refractivity contribution in [2.75, 3.05) is 18.4 Å². The Morgan fingerprint density at radius 2 is 2.03 bits per heavy atom. The molecule has 0 spiro atoms. The monoisotopic (exact) mass is 528 g/mol. The van der Waals surface area contributed by atoms with Gasteiger partial charge in [0, 0.05) is 36.3 Å². The molecule has 4 heterocycles. The summed E-state index contributed by atoms with van der Waals surface area (Å²) < 4.78 is 39.6. The highest BCUT2D eigenvalue weighted by Crippen LogP contribution is 2.33. The number of hydrogen-bond donors (Lipinski definition) is 2. The molecule has 0 bridgehead atoms. The van der Waals surface area contributed by atoms with Crippen LogP contribution in [0.1, 0.15) is 45.6 Å². The van der Waals surface area contributed by atoms with Crippen LogP contribution in [0.15, 0.2) is 23.7 Å². The van der Waals surface area contributed by atoms with Crippen molar-refractivity contribution in [2.24, 2.45) is 0 Å². The highest BCUT2D eigenvalue weighted by Gasteiger charge is 2.35. The molecule has 0 unspecified atom stereocenters. The van der Waals surface area contributed by atoms with Gasteiger partial charge in [0.1, 0.15) is 12.4 Å². The van der Waals surface area contributed by atoms with Crippen LogP contribution in [0.4, 0.5) is 19.0 Å². The quantitative estimate of drug-likeness (QED) is 0.516. The molecule has 0 atom stereocenters. The fourth-order valence-electron chi connectivity index (χ4n) is 3.72. The Labute approximate surface area is 206 Å². The first-order valence-corrected chi connectivity index (χ1v) is 11.8. The number of aryl methyl sites for hydroxylation is 1. The molecule has 0 saturated carbocycles. The maximum Gasteiger partial charge on any atom is 0.435 e. The molecule has 1 saturated heterocycles. The van der Waals surface area contributed by atoms with Crippen molar-refractivity contribution in [1.29, 1.82) is 0 Å². The number of nitrogens with one attached hydrogen (secondary N) is 1. The van der Waals surface area contributed by atoms with Gasteiger partial charge < -0.3 is 15.3 Å². The van der Waals surface area contributed by atoms with Crippen molar-refractivity contribution < 1.29 is 27.9 Å². The summed E-state index contributed by atoms with van der Waals surface area (Å²) in [7, 11) is 0. The van der Waals surface area contributed by atoms with Crippen LogP contribution >= 0.6 is 22.9 Å². The Kier molecular flexibility index (Phi) is 6.99. The molecule has 1 fully saturated rings. The minimum atomic E-state index is -4.56. The Hall–Kier alpha value is -3.19. The molecule has 35 heavy (non-hydrogen) atoms. The highest BCUT2D eigenvalue weighted by atomic mass is 35.5. The number of alkyl halides is 3. The van der Waals surface area contributed by atoms with Crippen LogP contribution in [0, 0.1) is 6.92 Å². The zero-order valence-electron chi connectivity index (χ0n) is 18.3. The number of aromatic nitrogens is 4. The summed E-state index contributed by atoms with van der Waals surface area (Å²) in [6, 6.07) is 2.28. The molecule has 1 aliphatic rings. The second-order valence-corrected chi connectivity index (χ2v) is 9.29. The summed E-state index contributed by atoms with van der Waals surface area (Å²) in [5, 5.41) is 18.5. The van der Waals surface area contributed by atoms with Crippen LogP contribution in [0.5, 0.6) is 5.75 Å². The first-order valence-electron chi connectivity index (χ1n) is 10.5. The number of carbonyl (C=O) groups excluding carboxylic acids is 2. The summed E-state index contributed by atoms with van der Waals surface area (Å²) in [4.78, 5) is 34.9. The molecular weight excluding hydrogens is 509 g/mol. The Morgan fingerprint density at radius 1 is 1.31 bits per heavy atom. The maximum atomic E-state index is 12.9. The maximum absolute atomic E-state index is 12.9. The lowest BCUT2D eigenvalue weighted by molar-refractivity contribution is -0.142. The van der Waals surface area contributed by atoms with E-state index in [4.69, 9.17) is 11.6 Å². The SMILES string of the molecule is Cc1cc(C(F)(F)F)nn1CC(=O)N1CCC(c2nc(NC(=O)c3nccc(Cl)c3O)cs2)CC1. The number of thiazole rings is 1. The summed E-state index contributed by atoms with van der Waals surface area (Å²) in [5.41, 5.74) is -0.970. The van der Waals surface area contributed by atoms with E-state index in [9.17, 15) is 27.9 Å². The number of carbonyl (C=O) groups is 2. The number of hydrogen-bond acceptors (Lipinski definition) is 7. The van der Waals surface area contributed by atoms with Gasteiger partial charge in [0.2, 0.25) is 5.91 Å². The van der Waals surface area contributed by atoms with Gasteiger partial charge >= 0.3 is 6.18 Å². The van der Waals surface area contributed by atoms with Crippen LogP contribution in [-0.2, 0) is 17.5 Å². The average molecular weight is 529 g/mol. The second kappa shape index (κ2) is 9.82. The molecule has 9 nitrogen and oxygen atoms in total. The van der Waals surface area contributed by atoms with E-state index in [1.807, 2.05) is 0 Å². The minimum absolute atomic E-state index is 0.00827. The molecule has 4 rings (SSSR count). The molecular formula is C21H20ClF3N6O3S. The fourth-order valence-corrected chi connectivity index (χ4v) is 4.79. The number of aromatic hydroxyl groups is 1. The number of likely N-dealkylation sites (tertiary alicyclic amines) is 1. The molecule has 0 aliphatic carbocycles. The third-order valence-corrected chi connectivity index (χ3v) is 6.92. The molecule has 2 amide bonds. The number of anilines is 1. The van der Waals surface area contributed by atoms with Crippen molar-refractivity contribution in [1.82, 2.24) is 24.6 Å².